The lowest BCUT2D eigenvalue weighted by molar-refractivity contribution is 0.475. The normalized spacial score (nSPS) is 7.18. The first kappa shape index (κ1) is 61.7. The summed E-state index contributed by atoms with van der Waals surface area (Å²) in [6, 6.07) is 50.1. The van der Waals surface area contributed by atoms with Crippen LogP contribution >= 0.6 is 0 Å². The molecule has 0 radical (unpaired) electrons. The Morgan fingerprint density at radius 1 is 0.235 bits per heavy atom. The first-order valence-electron chi connectivity index (χ1n) is 19.1. The summed E-state index contributed by atoms with van der Waals surface area (Å²) in [7, 11) is 0. The number of phenolic OH excluding ortho intramolecular Hbond substituents is 3. The molecule has 5 aromatic carbocycles. The maximum atomic E-state index is 8.63. The third-order valence-electron chi connectivity index (χ3n) is 3.60. The molecule has 0 aliphatic rings. The molecule has 0 atom stereocenters. The Morgan fingerprint density at radius 2 is 0.314 bits per heavy atom. The second-order valence-corrected chi connectivity index (χ2v) is 9.14. The third kappa shape index (κ3) is 86.8. The molecule has 5 rings (SSSR count). The van der Waals surface area contributed by atoms with Crippen LogP contribution in [0.25, 0.3) is 0 Å². The second-order valence-electron chi connectivity index (χ2n) is 9.14. The van der Waals surface area contributed by atoms with E-state index >= 15 is 0 Å². The minimum absolute atomic E-state index is 0.322. The number of phenols is 3. The molecule has 0 aliphatic heterocycles. The van der Waals surface area contributed by atoms with Gasteiger partial charge in [-0.2, -0.15) is 0 Å². The van der Waals surface area contributed by atoms with Gasteiger partial charge in [-0.1, -0.05) is 250 Å². The summed E-state index contributed by atoms with van der Waals surface area (Å²) in [4.78, 5) is 0. The van der Waals surface area contributed by atoms with Crippen LogP contribution in [0.15, 0.2) is 164 Å². The van der Waals surface area contributed by atoms with Crippen molar-refractivity contribution >= 4 is 0 Å². The summed E-state index contributed by atoms with van der Waals surface area (Å²) in [5.74, 6) is 0.965. The molecule has 0 aromatic heterocycles. The molecule has 3 N–H and O–H groups in total. The molecule has 290 valence electrons. The summed E-state index contributed by atoms with van der Waals surface area (Å²) in [5.41, 5.74) is 0. The zero-order valence-corrected chi connectivity index (χ0v) is 35.3. The van der Waals surface area contributed by atoms with Crippen molar-refractivity contribution in [3.63, 3.8) is 0 Å². The first-order valence-corrected chi connectivity index (χ1v) is 19.1. The third-order valence-corrected chi connectivity index (χ3v) is 3.60. The topological polar surface area (TPSA) is 60.7 Å². The highest BCUT2D eigenvalue weighted by Gasteiger charge is 1.76. The molecule has 3 heteroatoms. The molecule has 0 saturated heterocycles. The van der Waals surface area contributed by atoms with Crippen LogP contribution in [-0.4, -0.2) is 15.3 Å². The van der Waals surface area contributed by atoms with Crippen molar-refractivity contribution in [3.8, 4) is 17.2 Å². The van der Waals surface area contributed by atoms with Gasteiger partial charge in [0.2, 0.25) is 0 Å². The Balaban J connectivity index is -0.0000000855. The van der Waals surface area contributed by atoms with E-state index in [0.717, 1.165) is 0 Å². The largest absolute Gasteiger partial charge is 0.508 e. The fourth-order valence-electron chi connectivity index (χ4n) is 2.05. The van der Waals surface area contributed by atoms with Gasteiger partial charge < -0.3 is 15.3 Å². The fourth-order valence-corrected chi connectivity index (χ4v) is 2.05. The molecule has 51 heavy (non-hydrogen) atoms. The van der Waals surface area contributed by atoms with Crippen LogP contribution in [0.3, 0.4) is 0 Å². The van der Waals surface area contributed by atoms with Crippen molar-refractivity contribution in [1.29, 1.82) is 0 Å². The SMILES string of the molecule is CC.CC.CC.CCC.CCC.CCC.CCC.Oc1ccccc1.Oc1ccccc1.Oc1ccccc1.c1ccccc1.c1ccccc1. The first-order chi connectivity index (χ1) is 24.8. The van der Waals surface area contributed by atoms with E-state index in [4.69, 9.17) is 15.3 Å². The lowest BCUT2D eigenvalue weighted by Crippen LogP contribution is -1.56. The zero-order valence-electron chi connectivity index (χ0n) is 35.3. The molecule has 0 fully saturated rings. The number of hydrogen-bond donors (Lipinski definition) is 3. The Kier molecular flexibility index (Phi) is 86.5. The zero-order chi connectivity index (χ0) is 40.7. The van der Waals surface area contributed by atoms with Gasteiger partial charge in [0.15, 0.2) is 0 Å². The average molecular weight is 705 g/mol. The molecule has 0 bridgehead atoms. The minimum Gasteiger partial charge on any atom is -0.508 e. The van der Waals surface area contributed by atoms with Crippen LogP contribution in [-0.2, 0) is 0 Å². The van der Waals surface area contributed by atoms with Crippen LogP contribution in [0, 0.1) is 0 Å². The number of benzene rings is 5. The molecule has 0 saturated carbocycles. The van der Waals surface area contributed by atoms with Crippen molar-refractivity contribution in [2.24, 2.45) is 0 Å². The summed E-state index contributed by atoms with van der Waals surface area (Å²) in [6.45, 7) is 29.0. The van der Waals surface area contributed by atoms with Crippen molar-refractivity contribution in [1.82, 2.24) is 0 Å². The summed E-state index contributed by atoms with van der Waals surface area (Å²) < 4.78 is 0. The van der Waals surface area contributed by atoms with Crippen molar-refractivity contribution in [2.45, 2.75) is 123 Å². The number of para-hydroxylation sites is 3. The molecular formula is C48H80O3. The van der Waals surface area contributed by atoms with Crippen LogP contribution in [0.2, 0.25) is 0 Å². The highest BCUT2D eigenvalue weighted by molar-refractivity contribution is 5.19. The summed E-state index contributed by atoms with van der Waals surface area (Å²) in [5, 5.41) is 25.9. The van der Waals surface area contributed by atoms with Crippen LogP contribution in [0.4, 0.5) is 0 Å². The number of hydrogen-bond acceptors (Lipinski definition) is 3. The average Bonchev–Trinajstić information content (AvgIpc) is 3.19. The van der Waals surface area contributed by atoms with Gasteiger partial charge in [0.05, 0.1) is 0 Å². The van der Waals surface area contributed by atoms with Gasteiger partial charge in [0, 0.05) is 0 Å². The van der Waals surface area contributed by atoms with Crippen LogP contribution in [0.1, 0.15) is 123 Å². The van der Waals surface area contributed by atoms with E-state index in [1.54, 1.807) is 72.8 Å². The monoisotopic (exact) mass is 705 g/mol. The highest BCUT2D eigenvalue weighted by Crippen LogP contribution is 2.04. The molecule has 0 amide bonds. The van der Waals surface area contributed by atoms with Gasteiger partial charge in [0.25, 0.3) is 0 Å². The van der Waals surface area contributed by atoms with Gasteiger partial charge in [-0.15, -0.1) is 0 Å². The molecule has 0 spiro atoms. The van der Waals surface area contributed by atoms with Gasteiger partial charge in [-0.3, -0.25) is 0 Å². The summed E-state index contributed by atoms with van der Waals surface area (Å²) in [6.07, 6.45) is 5.00. The smallest absolute Gasteiger partial charge is 0.115 e. The quantitative estimate of drug-likeness (QED) is 0.150. The van der Waals surface area contributed by atoms with E-state index in [-0.39, 0.29) is 0 Å². The van der Waals surface area contributed by atoms with Gasteiger partial charge in [-0.05, 0) is 36.4 Å². The van der Waals surface area contributed by atoms with E-state index in [1.165, 1.54) is 25.7 Å². The lowest BCUT2D eigenvalue weighted by atomic mass is 10.3. The predicted molar refractivity (Wildman–Crippen MR) is 235 cm³/mol. The molecule has 0 aliphatic carbocycles. The minimum atomic E-state index is 0.322. The van der Waals surface area contributed by atoms with Gasteiger partial charge in [0.1, 0.15) is 17.2 Å². The fraction of sp³-hybridized carbons (Fsp3) is 0.375. The van der Waals surface area contributed by atoms with Gasteiger partial charge in [-0.25, -0.2) is 0 Å². The highest BCUT2D eigenvalue weighted by atomic mass is 16.3. The van der Waals surface area contributed by atoms with Gasteiger partial charge >= 0.3 is 0 Å². The Morgan fingerprint density at radius 3 is 0.373 bits per heavy atom. The molecule has 3 nitrogen and oxygen atoms in total. The van der Waals surface area contributed by atoms with Crippen molar-refractivity contribution in [3.05, 3.63) is 164 Å². The Bertz CT molecular complexity index is 892. The van der Waals surface area contributed by atoms with Crippen LogP contribution in [0.5, 0.6) is 17.2 Å². The number of aromatic hydroxyl groups is 3. The number of rotatable bonds is 0. The van der Waals surface area contributed by atoms with Crippen molar-refractivity contribution in [2.75, 3.05) is 0 Å². The summed E-state index contributed by atoms with van der Waals surface area (Å²) >= 11 is 0. The predicted octanol–water partition coefficient (Wildman–Crippen LogP) is 16.3. The molecule has 0 heterocycles. The second kappa shape index (κ2) is 71.5. The van der Waals surface area contributed by atoms with E-state index in [9.17, 15) is 0 Å². The van der Waals surface area contributed by atoms with E-state index in [2.05, 4.69) is 55.4 Å². The maximum Gasteiger partial charge on any atom is 0.115 e. The Hall–Kier alpha value is -4.50. The maximum absolute atomic E-state index is 8.63. The van der Waals surface area contributed by atoms with E-state index in [0.29, 0.717) is 17.2 Å². The lowest BCUT2D eigenvalue weighted by Gasteiger charge is -1.82. The standard InChI is InChI=1S/3C6H6O.2C6H6.4C3H8.3C2H6/c3*7-6-4-2-1-3-5-6;2*1-2-4-6-5-3-1;4*1-3-2;3*1-2/h3*1-5,7H;2*1-6H;4*3H2,1-2H3;3*1-2H3. The van der Waals surface area contributed by atoms with E-state index < -0.39 is 0 Å². The Labute approximate surface area is 318 Å². The van der Waals surface area contributed by atoms with Crippen LogP contribution < -0.4 is 0 Å². The molecule has 0 unspecified atom stereocenters. The molecular weight excluding hydrogens is 625 g/mol. The van der Waals surface area contributed by atoms with E-state index in [1.807, 2.05) is 133 Å². The molecule has 5 aromatic rings. The van der Waals surface area contributed by atoms with Crippen molar-refractivity contribution < 1.29 is 15.3 Å².